The van der Waals surface area contributed by atoms with E-state index in [2.05, 4.69) is 29.0 Å². The molecule has 0 atom stereocenters. The van der Waals surface area contributed by atoms with Gasteiger partial charge in [-0.2, -0.15) is 0 Å². The molecule has 2 nitrogen and oxygen atoms in total. The molecular weight excluding hydrogens is 208 g/mol. The van der Waals surface area contributed by atoms with Crippen molar-refractivity contribution in [3.05, 3.63) is 47.4 Å². The summed E-state index contributed by atoms with van der Waals surface area (Å²) in [6, 6.07) is 10.1. The molecule has 1 aromatic carbocycles. The summed E-state index contributed by atoms with van der Waals surface area (Å²) in [5.74, 6) is 0. The number of hydrogen-bond acceptors (Lipinski definition) is 2. The second-order valence-electron chi connectivity index (χ2n) is 3.28. The van der Waals surface area contributed by atoms with Gasteiger partial charge in [0.25, 0.3) is 0 Å². The molecule has 15 heavy (non-hydrogen) atoms. The Labute approximate surface area is 94.0 Å². The third-order valence-corrected chi connectivity index (χ3v) is 2.47. The summed E-state index contributed by atoms with van der Waals surface area (Å²) in [6.45, 7) is 2.13. The fourth-order valence-electron chi connectivity index (χ4n) is 1.44. The van der Waals surface area contributed by atoms with Gasteiger partial charge in [-0.3, -0.25) is 0 Å². The fourth-order valence-corrected chi connectivity index (χ4v) is 1.59. The largest absolute Gasteiger partial charge is 0.236 e. The first-order valence-corrected chi connectivity index (χ1v) is 5.24. The number of nitrogens with zero attached hydrogens (tertiary/aromatic N) is 2. The molecule has 0 saturated carbocycles. The summed E-state index contributed by atoms with van der Waals surface area (Å²) in [4.78, 5) is 8.05. The van der Waals surface area contributed by atoms with E-state index in [4.69, 9.17) is 11.6 Å². The zero-order valence-corrected chi connectivity index (χ0v) is 9.20. The van der Waals surface area contributed by atoms with E-state index in [9.17, 15) is 0 Å². The fraction of sp³-hybridized carbons (Fsp3) is 0.167. The van der Waals surface area contributed by atoms with Gasteiger partial charge in [0.1, 0.15) is 11.5 Å². The van der Waals surface area contributed by atoms with Gasteiger partial charge in [0.2, 0.25) is 0 Å². The van der Waals surface area contributed by atoms with E-state index >= 15 is 0 Å². The maximum Gasteiger partial charge on any atom is 0.133 e. The smallest absolute Gasteiger partial charge is 0.133 e. The zero-order chi connectivity index (χ0) is 10.7. The van der Waals surface area contributed by atoms with Crippen LogP contribution < -0.4 is 0 Å². The lowest BCUT2D eigenvalue weighted by molar-refractivity contribution is 1.13. The van der Waals surface area contributed by atoms with Crippen LogP contribution in [-0.2, 0) is 6.42 Å². The molecule has 0 aliphatic heterocycles. The second kappa shape index (κ2) is 4.41. The van der Waals surface area contributed by atoms with Gasteiger partial charge >= 0.3 is 0 Å². The monoisotopic (exact) mass is 218 g/mol. The second-order valence-corrected chi connectivity index (χ2v) is 3.67. The normalized spacial score (nSPS) is 10.3. The average Bonchev–Trinajstić information content (AvgIpc) is 2.29. The van der Waals surface area contributed by atoms with Crippen molar-refractivity contribution in [1.29, 1.82) is 0 Å². The Morgan fingerprint density at radius 1 is 1.20 bits per heavy atom. The van der Waals surface area contributed by atoms with Crippen molar-refractivity contribution in [3.63, 3.8) is 0 Å². The third kappa shape index (κ3) is 2.34. The van der Waals surface area contributed by atoms with Crippen LogP contribution in [-0.4, -0.2) is 9.97 Å². The van der Waals surface area contributed by atoms with Gasteiger partial charge in [0.15, 0.2) is 0 Å². The molecule has 0 N–H and O–H groups in total. The first-order valence-electron chi connectivity index (χ1n) is 4.86. The highest BCUT2D eigenvalue weighted by Crippen LogP contribution is 2.19. The first-order chi connectivity index (χ1) is 7.29. The van der Waals surface area contributed by atoms with Gasteiger partial charge in [0.05, 0.1) is 5.69 Å². The Bertz CT molecular complexity index is 469. The molecule has 1 aromatic heterocycles. The molecule has 0 aliphatic rings. The molecule has 1 heterocycles. The molecule has 2 rings (SSSR count). The Balaban J connectivity index is 2.44. The van der Waals surface area contributed by atoms with Crippen LogP contribution in [0, 0.1) is 0 Å². The quantitative estimate of drug-likeness (QED) is 0.723. The lowest BCUT2D eigenvalue weighted by Gasteiger charge is -2.02. The molecular formula is C12H11ClN2. The van der Waals surface area contributed by atoms with E-state index in [0.717, 1.165) is 17.7 Å². The van der Waals surface area contributed by atoms with Gasteiger partial charge < -0.3 is 0 Å². The SMILES string of the molecule is CCc1cccc(-c2cc(Cl)ncn2)c1. The van der Waals surface area contributed by atoms with Gasteiger partial charge in [-0.05, 0) is 18.1 Å². The summed E-state index contributed by atoms with van der Waals surface area (Å²) in [5, 5.41) is 0.474. The Morgan fingerprint density at radius 3 is 2.80 bits per heavy atom. The molecule has 2 aromatic rings. The Morgan fingerprint density at radius 2 is 2.07 bits per heavy atom. The number of benzene rings is 1. The van der Waals surface area contributed by atoms with E-state index in [0.29, 0.717) is 5.15 Å². The molecule has 76 valence electrons. The summed E-state index contributed by atoms with van der Waals surface area (Å²) in [7, 11) is 0. The van der Waals surface area contributed by atoms with Crippen LogP contribution in [0.2, 0.25) is 5.15 Å². The lowest BCUT2D eigenvalue weighted by atomic mass is 10.1. The molecule has 0 saturated heterocycles. The molecule has 0 spiro atoms. The highest BCUT2D eigenvalue weighted by atomic mass is 35.5. The van der Waals surface area contributed by atoms with E-state index in [-0.39, 0.29) is 0 Å². The van der Waals surface area contributed by atoms with Crippen molar-refractivity contribution in [2.45, 2.75) is 13.3 Å². The molecule has 3 heteroatoms. The van der Waals surface area contributed by atoms with Crippen LogP contribution in [0.4, 0.5) is 0 Å². The van der Waals surface area contributed by atoms with Crippen molar-refractivity contribution in [2.75, 3.05) is 0 Å². The van der Waals surface area contributed by atoms with Crippen LogP contribution in [0.5, 0.6) is 0 Å². The Kier molecular flexibility index (Phi) is 2.97. The van der Waals surface area contributed by atoms with Gasteiger partial charge in [-0.25, -0.2) is 9.97 Å². The van der Waals surface area contributed by atoms with Gasteiger partial charge in [-0.1, -0.05) is 36.7 Å². The molecule has 0 fully saturated rings. The predicted octanol–water partition coefficient (Wildman–Crippen LogP) is 3.36. The number of halogens is 1. The minimum absolute atomic E-state index is 0.474. The van der Waals surface area contributed by atoms with Crippen molar-refractivity contribution < 1.29 is 0 Å². The van der Waals surface area contributed by atoms with E-state index < -0.39 is 0 Å². The highest BCUT2D eigenvalue weighted by Gasteiger charge is 2.00. The Hall–Kier alpha value is -1.41. The number of hydrogen-bond donors (Lipinski definition) is 0. The number of aromatic nitrogens is 2. The minimum atomic E-state index is 0.474. The highest BCUT2D eigenvalue weighted by molar-refractivity contribution is 6.29. The summed E-state index contributed by atoms with van der Waals surface area (Å²) in [6.07, 6.45) is 2.50. The lowest BCUT2D eigenvalue weighted by Crippen LogP contribution is -1.87. The van der Waals surface area contributed by atoms with E-state index in [1.807, 2.05) is 12.1 Å². The topological polar surface area (TPSA) is 25.8 Å². The first kappa shape index (κ1) is 10.1. The molecule has 0 radical (unpaired) electrons. The molecule has 0 aliphatic carbocycles. The van der Waals surface area contributed by atoms with Crippen LogP contribution in [0.3, 0.4) is 0 Å². The molecule has 0 unspecified atom stereocenters. The van der Waals surface area contributed by atoms with Crippen molar-refractivity contribution in [2.24, 2.45) is 0 Å². The van der Waals surface area contributed by atoms with Crippen molar-refractivity contribution in [1.82, 2.24) is 9.97 Å². The predicted molar refractivity (Wildman–Crippen MR) is 61.9 cm³/mol. The van der Waals surface area contributed by atoms with Crippen molar-refractivity contribution >= 4 is 11.6 Å². The summed E-state index contributed by atoms with van der Waals surface area (Å²) in [5.41, 5.74) is 3.24. The summed E-state index contributed by atoms with van der Waals surface area (Å²) >= 11 is 5.82. The van der Waals surface area contributed by atoms with E-state index in [1.165, 1.54) is 11.9 Å². The summed E-state index contributed by atoms with van der Waals surface area (Å²) < 4.78 is 0. The third-order valence-electron chi connectivity index (χ3n) is 2.26. The van der Waals surface area contributed by atoms with Gasteiger partial charge in [-0.15, -0.1) is 0 Å². The van der Waals surface area contributed by atoms with Crippen LogP contribution in [0.25, 0.3) is 11.3 Å². The van der Waals surface area contributed by atoms with Crippen LogP contribution in [0.1, 0.15) is 12.5 Å². The number of rotatable bonds is 2. The maximum atomic E-state index is 5.82. The molecule has 0 bridgehead atoms. The van der Waals surface area contributed by atoms with Gasteiger partial charge in [0, 0.05) is 11.6 Å². The maximum absolute atomic E-state index is 5.82. The minimum Gasteiger partial charge on any atom is -0.236 e. The van der Waals surface area contributed by atoms with Crippen molar-refractivity contribution in [3.8, 4) is 11.3 Å². The van der Waals surface area contributed by atoms with Crippen LogP contribution in [0.15, 0.2) is 36.7 Å². The standard InChI is InChI=1S/C12H11ClN2/c1-2-9-4-3-5-10(6-9)11-7-12(13)15-8-14-11/h3-8H,2H2,1H3. The van der Waals surface area contributed by atoms with Crippen LogP contribution >= 0.6 is 11.6 Å². The average molecular weight is 219 g/mol. The number of aryl methyl sites for hydroxylation is 1. The van der Waals surface area contributed by atoms with E-state index in [1.54, 1.807) is 6.07 Å². The molecule has 0 amide bonds. The zero-order valence-electron chi connectivity index (χ0n) is 8.44.